The molecular weight excluding hydrogens is 316 g/mol. The average Bonchev–Trinajstić information content (AvgIpc) is 2.82. The predicted octanol–water partition coefficient (Wildman–Crippen LogP) is 3.52. The Hall–Kier alpha value is -1.40. The van der Waals surface area contributed by atoms with Gasteiger partial charge in [-0.05, 0) is 49.9 Å². The van der Waals surface area contributed by atoms with Gasteiger partial charge >= 0.3 is 5.97 Å². The topological polar surface area (TPSA) is 50.4 Å². The lowest BCUT2D eigenvalue weighted by molar-refractivity contribution is 0.0526. The number of esters is 1. The van der Waals surface area contributed by atoms with Gasteiger partial charge in [0.2, 0.25) is 0 Å². The molecule has 0 fully saturated rings. The first-order valence-corrected chi connectivity index (χ1v) is 8.76. The minimum atomic E-state index is -0.261. The largest absolute Gasteiger partial charge is 0.462 e. The molecule has 1 atom stereocenters. The molecule has 0 amide bonds. The van der Waals surface area contributed by atoms with Crippen molar-refractivity contribution in [3.63, 3.8) is 0 Å². The predicted molar refractivity (Wildman–Crippen MR) is 95.9 cm³/mol. The van der Waals surface area contributed by atoms with Gasteiger partial charge in [-0.2, -0.15) is 0 Å². The lowest BCUT2D eigenvalue weighted by atomic mass is 9.88. The van der Waals surface area contributed by atoms with Crippen LogP contribution in [0.4, 0.5) is 5.00 Å². The number of thiophene rings is 1. The smallest absolute Gasteiger partial charge is 0.341 e. The molecule has 6 heteroatoms. The molecule has 22 heavy (non-hydrogen) atoms. The number of nitrogens with one attached hydrogen (secondary N) is 2. The summed E-state index contributed by atoms with van der Waals surface area (Å²) < 4.78 is 5.23. The molecule has 1 aromatic heterocycles. The number of carbonyl (C=O) groups is 1. The summed E-state index contributed by atoms with van der Waals surface area (Å²) in [4.78, 5) is 13.6. The minimum absolute atomic E-state index is 0.261. The summed E-state index contributed by atoms with van der Waals surface area (Å²) in [7, 11) is 0. The second-order valence-corrected chi connectivity index (χ2v) is 6.91. The van der Waals surface area contributed by atoms with E-state index in [0.717, 1.165) is 29.8 Å². The molecule has 1 aliphatic carbocycles. The number of thiocarbonyl (C=S) groups is 1. The molecule has 2 N–H and O–H groups in total. The van der Waals surface area contributed by atoms with Crippen LogP contribution in [0.25, 0.3) is 0 Å². The normalized spacial score (nSPS) is 16.5. The molecule has 0 saturated carbocycles. The zero-order valence-electron chi connectivity index (χ0n) is 13.0. The Morgan fingerprint density at radius 1 is 1.59 bits per heavy atom. The standard InChI is InChI=1S/C16H22N2O2S2/c1-4-8-17-16(21)18-14-13(15(19)20-5-2)11-7-6-10(3)9-12(11)22-14/h4,10H,1,5-9H2,2-3H3,(H2,17,18,21)/t10-/m0/s1. The number of carbonyl (C=O) groups excluding carboxylic acids is 1. The summed E-state index contributed by atoms with van der Waals surface area (Å²) in [5.41, 5.74) is 1.80. The SMILES string of the molecule is C=CCNC(=S)Nc1sc2c(c1C(=O)OCC)CC[C@H](C)C2. The van der Waals surface area contributed by atoms with Crippen LogP contribution >= 0.6 is 23.6 Å². The molecule has 2 rings (SSSR count). The fraction of sp³-hybridized carbons (Fsp3) is 0.500. The van der Waals surface area contributed by atoms with Crippen LogP contribution in [0.1, 0.15) is 41.1 Å². The van der Waals surface area contributed by atoms with E-state index in [2.05, 4.69) is 24.1 Å². The van der Waals surface area contributed by atoms with Gasteiger partial charge in [0.05, 0.1) is 12.2 Å². The third-order valence-corrected chi connectivity index (χ3v) is 5.04. The first-order chi connectivity index (χ1) is 10.6. The second-order valence-electron chi connectivity index (χ2n) is 5.40. The van der Waals surface area contributed by atoms with Crippen LogP contribution in [0.3, 0.4) is 0 Å². The van der Waals surface area contributed by atoms with Gasteiger partial charge in [0.15, 0.2) is 5.11 Å². The van der Waals surface area contributed by atoms with Gasteiger partial charge in [0.1, 0.15) is 5.00 Å². The van der Waals surface area contributed by atoms with Crippen LogP contribution < -0.4 is 10.6 Å². The lowest BCUT2D eigenvalue weighted by Crippen LogP contribution is -2.28. The highest BCUT2D eigenvalue weighted by Crippen LogP contribution is 2.40. The molecule has 0 aliphatic heterocycles. The molecular formula is C16H22N2O2S2. The van der Waals surface area contributed by atoms with Crippen molar-refractivity contribution >= 4 is 39.6 Å². The van der Waals surface area contributed by atoms with Crippen LogP contribution in [0.15, 0.2) is 12.7 Å². The second kappa shape index (κ2) is 7.74. The maximum Gasteiger partial charge on any atom is 0.341 e. The summed E-state index contributed by atoms with van der Waals surface area (Å²) in [6.07, 6.45) is 4.78. The molecule has 0 unspecified atom stereocenters. The molecule has 0 aromatic carbocycles. The van der Waals surface area contributed by atoms with Crippen LogP contribution in [0.2, 0.25) is 0 Å². The molecule has 120 valence electrons. The van der Waals surface area contributed by atoms with E-state index >= 15 is 0 Å². The summed E-state index contributed by atoms with van der Waals surface area (Å²) in [6, 6.07) is 0. The number of hydrogen-bond acceptors (Lipinski definition) is 4. The maximum atomic E-state index is 12.3. The molecule has 1 aliphatic rings. The van der Waals surface area contributed by atoms with Crippen molar-refractivity contribution in [2.45, 2.75) is 33.1 Å². The Kier molecular flexibility index (Phi) is 5.97. The van der Waals surface area contributed by atoms with Crippen LogP contribution in [0.5, 0.6) is 0 Å². The zero-order chi connectivity index (χ0) is 16.1. The zero-order valence-corrected chi connectivity index (χ0v) is 14.7. The molecule has 0 spiro atoms. The number of fused-ring (bicyclic) bond motifs is 1. The number of anilines is 1. The summed E-state index contributed by atoms with van der Waals surface area (Å²) >= 11 is 6.88. The number of hydrogen-bond donors (Lipinski definition) is 2. The van der Waals surface area contributed by atoms with Gasteiger partial charge in [0.25, 0.3) is 0 Å². The van der Waals surface area contributed by atoms with Gasteiger partial charge in [0, 0.05) is 11.4 Å². The fourth-order valence-electron chi connectivity index (χ4n) is 2.57. The first-order valence-electron chi connectivity index (χ1n) is 7.54. The number of ether oxygens (including phenoxy) is 1. The number of rotatable bonds is 5. The monoisotopic (exact) mass is 338 g/mol. The third-order valence-electron chi connectivity index (χ3n) is 3.63. The van der Waals surface area contributed by atoms with Gasteiger partial charge in [-0.25, -0.2) is 4.79 Å². The van der Waals surface area contributed by atoms with Crippen LogP contribution in [0, 0.1) is 5.92 Å². The average molecular weight is 338 g/mol. The Morgan fingerprint density at radius 2 is 2.36 bits per heavy atom. The Morgan fingerprint density at radius 3 is 3.05 bits per heavy atom. The van der Waals surface area contributed by atoms with E-state index in [9.17, 15) is 4.79 Å². The minimum Gasteiger partial charge on any atom is -0.462 e. The van der Waals surface area contributed by atoms with Gasteiger partial charge in [-0.1, -0.05) is 13.0 Å². The Balaban J connectivity index is 2.29. The molecule has 1 heterocycles. The van der Waals surface area contributed by atoms with E-state index in [-0.39, 0.29) is 5.97 Å². The highest BCUT2D eigenvalue weighted by molar-refractivity contribution is 7.80. The van der Waals surface area contributed by atoms with Crippen LogP contribution in [-0.4, -0.2) is 24.2 Å². The van der Waals surface area contributed by atoms with E-state index in [4.69, 9.17) is 17.0 Å². The first kappa shape index (κ1) is 17.0. The maximum absolute atomic E-state index is 12.3. The molecule has 0 bridgehead atoms. The lowest BCUT2D eigenvalue weighted by Gasteiger charge is -2.18. The molecule has 1 aromatic rings. The van der Waals surface area contributed by atoms with E-state index in [1.54, 1.807) is 17.4 Å². The van der Waals surface area contributed by atoms with Crippen molar-refractivity contribution < 1.29 is 9.53 Å². The quantitative estimate of drug-likeness (QED) is 0.489. The fourth-order valence-corrected chi connectivity index (χ4v) is 4.22. The van der Waals surface area contributed by atoms with Crippen molar-refractivity contribution in [2.24, 2.45) is 5.92 Å². The molecule has 0 saturated heterocycles. The Bertz CT molecular complexity index is 581. The molecule has 0 radical (unpaired) electrons. The van der Waals surface area contributed by atoms with Crippen LogP contribution in [-0.2, 0) is 17.6 Å². The van der Waals surface area contributed by atoms with Gasteiger partial charge in [-0.3, -0.25) is 0 Å². The van der Waals surface area contributed by atoms with Gasteiger partial charge in [-0.15, -0.1) is 17.9 Å². The van der Waals surface area contributed by atoms with E-state index in [1.165, 1.54) is 4.88 Å². The third kappa shape index (κ3) is 3.87. The Labute approximate surface area is 140 Å². The van der Waals surface area contributed by atoms with Crippen molar-refractivity contribution in [3.8, 4) is 0 Å². The summed E-state index contributed by atoms with van der Waals surface area (Å²) in [5.74, 6) is 0.392. The van der Waals surface area contributed by atoms with E-state index < -0.39 is 0 Å². The highest BCUT2D eigenvalue weighted by Gasteiger charge is 2.28. The highest BCUT2D eigenvalue weighted by atomic mass is 32.1. The van der Waals surface area contributed by atoms with E-state index in [1.807, 2.05) is 6.92 Å². The summed E-state index contributed by atoms with van der Waals surface area (Å²) in [5, 5.41) is 7.46. The van der Waals surface area contributed by atoms with Crippen molar-refractivity contribution in [1.29, 1.82) is 0 Å². The van der Waals surface area contributed by atoms with Crippen molar-refractivity contribution in [3.05, 3.63) is 28.7 Å². The van der Waals surface area contributed by atoms with E-state index in [0.29, 0.717) is 29.7 Å². The van der Waals surface area contributed by atoms with Gasteiger partial charge < -0.3 is 15.4 Å². The molecule has 4 nitrogen and oxygen atoms in total. The van der Waals surface area contributed by atoms with Crippen molar-refractivity contribution in [2.75, 3.05) is 18.5 Å². The summed E-state index contributed by atoms with van der Waals surface area (Å²) in [6.45, 7) is 8.68. The van der Waals surface area contributed by atoms with Crippen molar-refractivity contribution in [1.82, 2.24) is 5.32 Å².